The highest BCUT2D eigenvalue weighted by atomic mass is 32.2. The number of hydrogen-bond acceptors (Lipinski definition) is 5. The van der Waals surface area contributed by atoms with Gasteiger partial charge in [0.1, 0.15) is 4.90 Å². The van der Waals surface area contributed by atoms with Crippen LogP contribution in [0.3, 0.4) is 0 Å². The van der Waals surface area contributed by atoms with Gasteiger partial charge in [-0.05, 0) is 54.1 Å². The normalized spacial score (nSPS) is 17.6. The first-order chi connectivity index (χ1) is 18.0. The Bertz CT molecular complexity index is 1430. The number of carbonyl (C=O) groups is 1. The number of alkyl halides is 2. The van der Waals surface area contributed by atoms with Crippen LogP contribution in [0.5, 0.6) is 0 Å². The number of aliphatic carboxylic acids is 1. The van der Waals surface area contributed by atoms with Gasteiger partial charge in [0.2, 0.25) is 10.0 Å². The molecule has 38 heavy (non-hydrogen) atoms. The number of carboxylic acids is 1. The average molecular weight is 561 g/mol. The topological polar surface area (TPSA) is 77.9 Å². The molecule has 6 nitrogen and oxygen atoms in total. The summed E-state index contributed by atoms with van der Waals surface area (Å²) >= 11 is 1.36. The lowest BCUT2D eigenvalue weighted by atomic mass is 9.99. The fourth-order valence-corrected chi connectivity index (χ4v) is 6.91. The Hall–Kier alpha value is -2.95. The van der Waals surface area contributed by atoms with Gasteiger partial charge < -0.3 is 10.0 Å². The Morgan fingerprint density at radius 3 is 2.45 bits per heavy atom. The summed E-state index contributed by atoms with van der Waals surface area (Å²) in [6.07, 6.45) is 4.32. The molecule has 10 heteroatoms. The second-order valence-corrected chi connectivity index (χ2v) is 12.1. The molecule has 0 aromatic heterocycles. The van der Waals surface area contributed by atoms with Gasteiger partial charge in [0.05, 0.1) is 5.69 Å². The SMILES string of the molecule is CCCCC1CN(c2ccccc2)c2cc(SC)c(-c3cccc(C(F)(F)C(=O)O)c3)cc2S(=O)(=O)N1C. The summed E-state index contributed by atoms with van der Waals surface area (Å²) in [5.74, 6) is -6.33. The van der Waals surface area contributed by atoms with Crippen molar-refractivity contribution in [3.63, 3.8) is 0 Å². The van der Waals surface area contributed by atoms with E-state index in [1.54, 1.807) is 19.2 Å². The Balaban J connectivity index is 1.96. The number of nitrogens with zero attached hydrogens (tertiary/aromatic N) is 2. The van der Waals surface area contributed by atoms with Gasteiger partial charge in [0.15, 0.2) is 0 Å². The van der Waals surface area contributed by atoms with E-state index in [9.17, 15) is 22.0 Å². The number of carboxylic acid groups (broad SMARTS) is 1. The molecule has 202 valence electrons. The van der Waals surface area contributed by atoms with E-state index in [1.165, 1.54) is 28.2 Å². The third-order valence-corrected chi connectivity index (χ3v) is 9.62. The summed E-state index contributed by atoms with van der Waals surface area (Å²) in [5, 5.41) is 9.02. The highest BCUT2D eigenvalue weighted by Crippen LogP contribution is 2.44. The van der Waals surface area contributed by atoms with E-state index in [1.807, 2.05) is 41.5 Å². The molecule has 1 aliphatic heterocycles. The lowest BCUT2D eigenvalue weighted by Gasteiger charge is -2.29. The maximum Gasteiger partial charge on any atom is 0.379 e. The van der Waals surface area contributed by atoms with E-state index < -0.39 is 27.5 Å². The van der Waals surface area contributed by atoms with E-state index in [-0.39, 0.29) is 10.9 Å². The Morgan fingerprint density at radius 2 is 1.82 bits per heavy atom. The number of rotatable bonds is 8. The third kappa shape index (κ3) is 5.17. The van der Waals surface area contributed by atoms with Crippen LogP contribution in [0.1, 0.15) is 31.7 Å². The molecule has 0 spiro atoms. The van der Waals surface area contributed by atoms with E-state index in [0.717, 1.165) is 30.7 Å². The fourth-order valence-electron chi connectivity index (χ4n) is 4.71. The van der Waals surface area contributed by atoms with Crippen molar-refractivity contribution < 1.29 is 27.1 Å². The van der Waals surface area contributed by atoms with Gasteiger partial charge in [0, 0.05) is 35.8 Å². The number of thioether (sulfide) groups is 1. The Labute approximate surface area is 226 Å². The minimum Gasteiger partial charge on any atom is -0.477 e. The quantitative estimate of drug-likeness (QED) is 0.314. The van der Waals surface area contributed by atoms with Gasteiger partial charge in [0.25, 0.3) is 0 Å². The van der Waals surface area contributed by atoms with Crippen molar-refractivity contribution in [2.75, 3.05) is 24.7 Å². The largest absolute Gasteiger partial charge is 0.477 e. The number of fused-ring (bicyclic) bond motifs is 1. The molecule has 0 aliphatic carbocycles. The predicted molar refractivity (Wildman–Crippen MR) is 147 cm³/mol. The second kappa shape index (κ2) is 11.0. The molecule has 1 aliphatic rings. The van der Waals surface area contributed by atoms with Gasteiger partial charge in [-0.3, -0.25) is 0 Å². The summed E-state index contributed by atoms with van der Waals surface area (Å²) in [6, 6.07) is 17.7. The number of hydrogen-bond donors (Lipinski definition) is 1. The zero-order valence-electron chi connectivity index (χ0n) is 21.4. The van der Waals surface area contributed by atoms with E-state index in [4.69, 9.17) is 5.11 Å². The molecule has 0 saturated heterocycles. The zero-order chi connectivity index (χ0) is 27.7. The number of unbranched alkanes of at least 4 members (excludes halogenated alkanes) is 1. The van der Waals surface area contributed by atoms with Crippen molar-refractivity contribution in [1.82, 2.24) is 4.31 Å². The number of para-hydroxylation sites is 1. The molecule has 1 atom stereocenters. The van der Waals surface area contributed by atoms with Gasteiger partial charge in [-0.2, -0.15) is 13.1 Å². The number of sulfonamides is 1. The van der Waals surface area contributed by atoms with E-state index in [0.29, 0.717) is 34.7 Å². The predicted octanol–water partition coefficient (Wildman–Crippen LogP) is 6.58. The lowest BCUT2D eigenvalue weighted by molar-refractivity contribution is -0.166. The molecular formula is C28H30F2N2O4S2. The van der Waals surface area contributed by atoms with Crippen LogP contribution >= 0.6 is 11.8 Å². The first-order valence-electron chi connectivity index (χ1n) is 12.3. The van der Waals surface area contributed by atoms with Crippen LogP contribution in [0.25, 0.3) is 11.1 Å². The number of likely N-dealkylation sites (N-methyl/N-ethyl adjacent to an activating group) is 1. The van der Waals surface area contributed by atoms with Crippen LogP contribution in [0.2, 0.25) is 0 Å². The molecule has 0 radical (unpaired) electrons. The van der Waals surface area contributed by atoms with Crippen molar-refractivity contribution in [1.29, 1.82) is 0 Å². The number of halogens is 2. The molecule has 0 amide bonds. The van der Waals surface area contributed by atoms with Gasteiger partial charge >= 0.3 is 11.9 Å². The summed E-state index contributed by atoms with van der Waals surface area (Å²) in [7, 11) is -2.36. The van der Waals surface area contributed by atoms with Crippen LogP contribution in [0.4, 0.5) is 20.2 Å². The Kier molecular flexibility index (Phi) is 8.15. The molecule has 0 bridgehead atoms. The third-order valence-electron chi connectivity index (χ3n) is 6.90. The van der Waals surface area contributed by atoms with Gasteiger partial charge in [-0.25, -0.2) is 13.2 Å². The van der Waals surface area contributed by atoms with Crippen molar-refractivity contribution in [3.8, 4) is 11.1 Å². The summed E-state index contributed by atoms with van der Waals surface area (Å²) in [6.45, 7) is 2.52. The highest BCUT2D eigenvalue weighted by molar-refractivity contribution is 7.98. The zero-order valence-corrected chi connectivity index (χ0v) is 23.0. The number of benzene rings is 3. The van der Waals surface area contributed by atoms with Crippen LogP contribution in [0.15, 0.2) is 76.5 Å². The standard InChI is InChI=1S/C28H30F2N2O4S2/c1-4-5-12-22-18-32(21-13-7-6-8-14-21)24-17-25(37-3)23(16-26(24)38(35,36)31(22)2)19-10-9-11-20(15-19)28(29,30)27(33)34/h6-11,13-17,22H,4-5,12,18H2,1-3H3,(H,33,34). The monoisotopic (exact) mass is 560 g/mol. The van der Waals surface area contributed by atoms with Gasteiger partial charge in [-0.15, -0.1) is 11.8 Å². The van der Waals surface area contributed by atoms with Crippen molar-refractivity contribution >= 4 is 39.1 Å². The number of anilines is 2. The lowest BCUT2D eigenvalue weighted by Crippen LogP contribution is -2.40. The van der Waals surface area contributed by atoms with E-state index >= 15 is 0 Å². The molecule has 0 saturated carbocycles. The average Bonchev–Trinajstić information content (AvgIpc) is 2.99. The Morgan fingerprint density at radius 1 is 1.11 bits per heavy atom. The second-order valence-electron chi connectivity index (χ2n) is 9.24. The molecule has 3 aromatic carbocycles. The minimum absolute atomic E-state index is 0.0750. The van der Waals surface area contributed by atoms with Crippen molar-refractivity contribution in [3.05, 3.63) is 72.3 Å². The molecule has 1 unspecified atom stereocenters. The fraction of sp³-hybridized carbons (Fsp3) is 0.321. The van der Waals surface area contributed by atoms with Crippen LogP contribution < -0.4 is 4.90 Å². The molecular weight excluding hydrogens is 530 g/mol. The maximum absolute atomic E-state index is 14.3. The van der Waals surface area contributed by atoms with E-state index in [2.05, 4.69) is 6.92 Å². The smallest absolute Gasteiger partial charge is 0.379 e. The maximum atomic E-state index is 14.3. The molecule has 3 aromatic rings. The summed E-state index contributed by atoms with van der Waals surface area (Å²) in [5.41, 5.74) is 1.45. The van der Waals surface area contributed by atoms with Crippen LogP contribution in [0, 0.1) is 0 Å². The van der Waals surface area contributed by atoms with Crippen molar-refractivity contribution in [2.45, 2.75) is 47.9 Å². The highest BCUT2D eigenvalue weighted by Gasteiger charge is 2.41. The molecule has 4 rings (SSSR count). The van der Waals surface area contributed by atoms with Gasteiger partial charge in [-0.1, -0.05) is 56.2 Å². The molecule has 1 heterocycles. The van der Waals surface area contributed by atoms with Crippen LogP contribution in [-0.2, 0) is 20.7 Å². The first-order valence-corrected chi connectivity index (χ1v) is 14.9. The summed E-state index contributed by atoms with van der Waals surface area (Å²) in [4.78, 5) is 13.9. The summed E-state index contributed by atoms with van der Waals surface area (Å²) < 4.78 is 58.0. The first kappa shape index (κ1) is 28.1. The molecule has 1 N–H and O–H groups in total. The van der Waals surface area contributed by atoms with Crippen LogP contribution in [-0.4, -0.2) is 49.7 Å². The minimum atomic E-state index is -4.08. The van der Waals surface area contributed by atoms with Crippen molar-refractivity contribution in [2.24, 2.45) is 0 Å². The molecule has 0 fully saturated rings.